The van der Waals surface area contributed by atoms with Gasteiger partial charge in [-0.15, -0.1) is 0 Å². The van der Waals surface area contributed by atoms with E-state index >= 15 is 0 Å². The van der Waals surface area contributed by atoms with Gasteiger partial charge in [-0.25, -0.2) is 14.0 Å². The number of phenols is 1. The summed E-state index contributed by atoms with van der Waals surface area (Å²) in [5.41, 5.74) is 3.42. The summed E-state index contributed by atoms with van der Waals surface area (Å²) in [5, 5.41) is 24.1. The van der Waals surface area contributed by atoms with Gasteiger partial charge in [0.2, 0.25) is 5.91 Å². The van der Waals surface area contributed by atoms with Crippen molar-refractivity contribution in [1.82, 2.24) is 10.3 Å². The zero-order valence-electron chi connectivity index (χ0n) is 21.7. The number of benzene rings is 3. The highest BCUT2D eigenvalue weighted by atomic mass is 19.1. The Labute approximate surface area is 230 Å². The molecule has 3 aromatic heterocycles. The second-order valence-corrected chi connectivity index (χ2v) is 9.88. The Morgan fingerprint density at radius 2 is 1.80 bits per heavy atom. The van der Waals surface area contributed by atoms with Crippen molar-refractivity contribution in [3.8, 4) is 16.9 Å². The van der Waals surface area contributed by atoms with Crippen molar-refractivity contribution in [2.24, 2.45) is 0 Å². The first-order valence-electron chi connectivity index (χ1n) is 12.7. The van der Waals surface area contributed by atoms with Crippen LogP contribution in [-0.4, -0.2) is 33.1 Å². The number of aryl methyl sites for hydroxylation is 1. The summed E-state index contributed by atoms with van der Waals surface area (Å²) in [6.07, 6.45) is 2.74. The lowest BCUT2D eigenvalue weighted by atomic mass is 9.99. The van der Waals surface area contributed by atoms with Gasteiger partial charge in [-0.1, -0.05) is 12.1 Å². The van der Waals surface area contributed by atoms with E-state index in [9.17, 15) is 29.0 Å². The third-order valence-electron chi connectivity index (χ3n) is 7.28. The number of aromatic hydroxyl groups is 1. The first-order chi connectivity index (χ1) is 19.7. The normalized spacial score (nSPS) is 12.2. The summed E-state index contributed by atoms with van der Waals surface area (Å²) in [7, 11) is 0. The van der Waals surface area contributed by atoms with Gasteiger partial charge in [-0.05, 0) is 60.0 Å². The molecule has 10 heteroatoms. The number of fused-ring (bicyclic) bond motifs is 3. The number of aromatic nitrogens is 1. The zero-order chi connectivity index (χ0) is 28.8. The number of hydrogen-bond donors (Lipinski definition) is 4. The van der Waals surface area contributed by atoms with E-state index in [1.807, 2.05) is 0 Å². The van der Waals surface area contributed by atoms with Gasteiger partial charge in [0.25, 0.3) is 0 Å². The quantitative estimate of drug-likeness (QED) is 0.199. The van der Waals surface area contributed by atoms with E-state index in [1.54, 1.807) is 49.7 Å². The van der Waals surface area contributed by atoms with Crippen molar-refractivity contribution < 1.29 is 33.0 Å². The van der Waals surface area contributed by atoms with Crippen molar-refractivity contribution in [3.05, 3.63) is 100.0 Å². The first kappa shape index (κ1) is 25.9. The fourth-order valence-electron chi connectivity index (χ4n) is 5.13. The van der Waals surface area contributed by atoms with E-state index in [4.69, 9.17) is 8.83 Å². The predicted molar refractivity (Wildman–Crippen MR) is 149 cm³/mol. The lowest BCUT2D eigenvalue weighted by molar-refractivity contribution is -0.141. The molecule has 6 aromatic rings. The minimum absolute atomic E-state index is 0.0326. The van der Waals surface area contributed by atoms with E-state index in [0.29, 0.717) is 38.4 Å². The number of carboxylic acids is 1. The molecule has 6 rings (SSSR count). The van der Waals surface area contributed by atoms with Crippen molar-refractivity contribution in [3.63, 3.8) is 0 Å². The molecule has 0 saturated heterocycles. The van der Waals surface area contributed by atoms with Crippen LogP contribution in [0, 0.1) is 12.7 Å². The van der Waals surface area contributed by atoms with Crippen molar-refractivity contribution >= 4 is 44.7 Å². The molecule has 1 amide bonds. The largest absolute Gasteiger partial charge is 0.508 e. The Morgan fingerprint density at radius 3 is 2.56 bits per heavy atom. The average molecular weight is 555 g/mol. The van der Waals surface area contributed by atoms with Crippen LogP contribution >= 0.6 is 0 Å². The van der Waals surface area contributed by atoms with Crippen LogP contribution in [0.4, 0.5) is 4.39 Å². The van der Waals surface area contributed by atoms with Crippen LogP contribution < -0.4 is 10.9 Å². The molecule has 1 atom stereocenters. The van der Waals surface area contributed by atoms with Gasteiger partial charge in [-0.3, -0.25) is 4.79 Å². The molecule has 0 fully saturated rings. The third kappa shape index (κ3) is 4.80. The van der Waals surface area contributed by atoms with Gasteiger partial charge >= 0.3 is 11.6 Å². The Balaban J connectivity index is 1.29. The van der Waals surface area contributed by atoms with Gasteiger partial charge in [0.15, 0.2) is 0 Å². The molecular weight excluding hydrogens is 531 g/mol. The maximum absolute atomic E-state index is 13.4. The van der Waals surface area contributed by atoms with Crippen molar-refractivity contribution in [2.45, 2.75) is 25.8 Å². The van der Waals surface area contributed by atoms with E-state index in [-0.39, 0.29) is 29.1 Å². The summed E-state index contributed by atoms with van der Waals surface area (Å²) in [6, 6.07) is 12.8. The minimum atomic E-state index is -1.28. The summed E-state index contributed by atoms with van der Waals surface area (Å²) in [4.78, 5) is 40.9. The number of phenolic OH excluding ortho intramolecular Hbond substituents is 1. The Bertz CT molecular complexity index is 2040. The number of halogens is 1. The Morgan fingerprint density at radius 1 is 1.02 bits per heavy atom. The molecule has 0 bridgehead atoms. The number of furan rings is 1. The van der Waals surface area contributed by atoms with Gasteiger partial charge in [-0.2, -0.15) is 0 Å². The van der Waals surface area contributed by atoms with Gasteiger partial charge in [0.1, 0.15) is 28.8 Å². The zero-order valence-corrected chi connectivity index (χ0v) is 21.7. The predicted octanol–water partition coefficient (Wildman–Crippen LogP) is 5.20. The molecule has 3 heterocycles. The maximum atomic E-state index is 13.4. The van der Waals surface area contributed by atoms with Gasteiger partial charge in [0.05, 0.1) is 18.2 Å². The number of H-pyrrole nitrogens is 1. The molecule has 41 heavy (non-hydrogen) atoms. The van der Waals surface area contributed by atoms with E-state index in [2.05, 4.69) is 10.3 Å². The smallest absolute Gasteiger partial charge is 0.340 e. The number of nitrogens with one attached hydrogen (secondary N) is 2. The van der Waals surface area contributed by atoms with E-state index in [0.717, 1.165) is 11.1 Å². The molecule has 1 unspecified atom stereocenters. The first-order valence-corrected chi connectivity index (χ1v) is 12.7. The Hall–Kier alpha value is -5.38. The highest BCUT2D eigenvalue weighted by Gasteiger charge is 2.24. The second-order valence-electron chi connectivity index (χ2n) is 9.88. The van der Waals surface area contributed by atoms with E-state index < -0.39 is 30.0 Å². The summed E-state index contributed by atoms with van der Waals surface area (Å²) < 4.78 is 24.6. The van der Waals surface area contributed by atoms with Crippen LogP contribution in [0.3, 0.4) is 0 Å². The van der Waals surface area contributed by atoms with Crippen LogP contribution in [-0.2, 0) is 22.4 Å². The minimum Gasteiger partial charge on any atom is -0.508 e. The number of carboxylic acid groups (broad SMARTS) is 1. The molecule has 0 spiro atoms. The van der Waals surface area contributed by atoms with E-state index in [1.165, 1.54) is 24.3 Å². The summed E-state index contributed by atoms with van der Waals surface area (Å²) >= 11 is 0. The summed E-state index contributed by atoms with van der Waals surface area (Å²) in [5.74, 6) is -2.24. The highest BCUT2D eigenvalue weighted by Crippen LogP contribution is 2.34. The Kier molecular flexibility index (Phi) is 6.30. The molecule has 4 N–H and O–H groups in total. The number of rotatable bonds is 7. The fourth-order valence-corrected chi connectivity index (χ4v) is 5.13. The molecule has 0 radical (unpaired) electrons. The number of carbonyl (C=O) groups is 2. The number of carbonyl (C=O) groups excluding carboxylic acids is 1. The molecular formula is C31H23FN2O7. The topological polar surface area (TPSA) is 146 Å². The third-order valence-corrected chi connectivity index (χ3v) is 7.28. The SMILES string of the molecule is Cc1c(CC(=O)NC(Cc2c[nH]c3ccc(O)cc23)C(=O)O)c(=O)oc2cc3occ(-c4ccc(F)cc4)c3cc12. The standard InChI is InChI=1S/C31H23FN2O7/c1-15-20-10-23-24(16-2-4-18(32)5-3-16)14-40-27(23)12-28(20)41-31(39)21(15)11-29(36)34-26(30(37)38)8-17-13-33-25-7-6-19(35)9-22(17)25/h2-7,9-10,12-14,26,33,35H,8,11H2,1H3,(H,34,36)(H,37,38). The van der Waals surface area contributed by atoms with Crippen LogP contribution in [0.1, 0.15) is 16.7 Å². The number of aromatic amines is 1. The van der Waals surface area contributed by atoms with Gasteiger partial charge < -0.3 is 29.3 Å². The molecule has 9 nitrogen and oxygen atoms in total. The molecule has 0 aliphatic rings. The number of aliphatic carboxylic acids is 1. The molecule has 0 aliphatic heterocycles. The molecule has 206 valence electrons. The van der Waals surface area contributed by atoms with Crippen LogP contribution in [0.25, 0.3) is 44.0 Å². The molecule has 3 aromatic carbocycles. The van der Waals surface area contributed by atoms with Crippen LogP contribution in [0.2, 0.25) is 0 Å². The van der Waals surface area contributed by atoms with Crippen LogP contribution in [0.5, 0.6) is 5.75 Å². The summed E-state index contributed by atoms with van der Waals surface area (Å²) in [6.45, 7) is 1.69. The average Bonchev–Trinajstić information content (AvgIpc) is 3.53. The maximum Gasteiger partial charge on any atom is 0.340 e. The lowest BCUT2D eigenvalue weighted by Gasteiger charge is -2.15. The second kappa shape index (κ2) is 9.98. The molecule has 0 saturated carbocycles. The lowest BCUT2D eigenvalue weighted by Crippen LogP contribution is -2.43. The number of amides is 1. The monoisotopic (exact) mass is 554 g/mol. The van der Waals surface area contributed by atoms with Crippen molar-refractivity contribution in [2.75, 3.05) is 0 Å². The number of hydrogen-bond acceptors (Lipinski definition) is 6. The fraction of sp³-hybridized carbons (Fsp3) is 0.129. The molecule has 0 aliphatic carbocycles. The van der Waals surface area contributed by atoms with Crippen LogP contribution in [0.15, 0.2) is 80.7 Å². The highest BCUT2D eigenvalue weighted by molar-refractivity contribution is 6.02. The van der Waals surface area contributed by atoms with Crippen molar-refractivity contribution in [1.29, 1.82) is 0 Å². The van der Waals surface area contributed by atoms with Gasteiger partial charge in [0, 0.05) is 45.9 Å².